The minimum atomic E-state index is -0.605. The second kappa shape index (κ2) is 8.91. The van der Waals surface area contributed by atoms with E-state index in [9.17, 15) is 14.9 Å². The molecule has 0 radical (unpaired) electrons. The highest BCUT2D eigenvalue weighted by Gasteiger charge is 2.17. The van der Waals surface area contributed by atoms with Gasteiger partial charge in [0, 0.05) is 33.6 Å². The number of aromatic nitrogens is 1. The van der Waals surface area contributed by atoms with Crippen molar-refractivity contribution in [2.75, 3.05) is 7.11 Å². The first-order chi connectivity index (χ1) is 14.3. The maximum Gasteiger partial charge on any atom is 0.275 e. The Morgan fingerprint density at radius 2 is 1.97 bits per heavy atom. The van der Waals surface area contributed by atoms with Gasteiger partial charge in [0.25, 0.3) is 11.6 Å². The van der Waals surface area contributed by atoms with Crippen molar-refractivity contribution >= 4 is 33.7 Å². The zero-order chi connectivity index (χ0) is 21.8. The van der Waals surface area contributed by atoms with Gasteiger partial charge in [-0.15, -0.1) is 0 Å². The molecule has 154 valence electrons. The predicted molar refractivity (Wildman–Crippen MR) is 118 cm³/mol. The smallest absolute Gasteiger partial charge is 0.275 e. The fourth-order valence-corrected chi connectivity index (χ4v) is 3.59. The van der Waals surface area contributed by atoms with E-state index in [1.807, 2.05) is 44.2 Å². The molecule has 0 aliphatic heterocycles. The van der Waals surface area contributed by atoms with Crippen LogP contribution in [-0.2, 0) is 0 Å². The average molecular weight is 471 g/mol. The summed E-state index contributed by atoms with van der Waals surface area (Å²) in [5.41, 5.74) is 6.01. The Morgan fingerprint density at radius 3 is 2.63 bits per heavy atom. The number of hydrazone groups is 1. The standard InChI is InChI=1S/C21H19BrN4O4/c1-13-10-15(14(2)25(13)19-7-5-4-6-18(19)22)12-23-24-21(27)17-11-16(26(28)29)8-9-20(17)30-3/h4-12H,1-3H3,(H,24,27)/b23-12-. The van der Waals surface area contributed by atoms with Crippen molar-refractivity contribution in [3.63, 3.8) is 0 Å². The first-order valence-corrected chi connectivity index (χ1v) is 9.72. The van der Waals surface area contributed by atoms with Gasteiger partial charge < -0.3 is 9.30 Å². The number of aryl methyl sites for hydroxylation is 1. The molecule has 9 heteroatoms. The molecule has 3 aromatic rings. The lowest BCUT2D eigenvalue weighted by Crippen LogP contribution is -2.18. The molecule has 2 aromatic carbocycles. The molecular weight excluding hydrogens is 452 g/mol. The fourth-order valence-electron chi connectivity index (χ4n) is 3.13. The van der Waals surface area contributed by atoms with Gasteiger partial charge in [-0.2, -0.15) is 5.10 Å². The van der Waals surface area contributed by atoms with Crippen LogP contribution in [0.4, 0.5) is 5.69 Å². The number of ether oxygens (including phenoxy) is 1. The molecule has 0 bridgehead atoms. The van der Waals surface area contributed by atoms with Crippen LogP contribution in [-0.4, -0.2) is 28.7 Å². The second-order valence-corrected chi connectivity index (χ2v) is 7.31. The van der Waals surface area contributed by atoms with Gasteiger partial charge in [0.1, 0.15) is 5.75 Å². The van der Waals surface area contributed by atoms with E-state index in [-0.39, 0.29) is 17.0 Å². The Bertz CT molecular complexity index is 1150. The van der Waals surface area contributed by atoms with E-state index in [2.05, 4.69) is 31.0 Å². The largest absolute Gasteiger partial charge is 0.496 e. The SMILES string of the molecule is COc1ccc([N+](=O)[O-])cc1C(=O)N/N=C\c1cc(C)n(-c2ccccc2Br)c1C. The minimum Gasteiger partial charge on any atom is -0.496 e. The summed E-state index contributed by atoms with van der Waals surface area (Å²) >= 11 is 3.57. The van der Waals surface area contributed by atoms with E-state index in [1.165, 1.54) is 25.5 Å². The van der Waals surface area contributed by atoms with Gasteiger partial charge in [0.05, 0.1) is 29.5 Å². The maximum atomic E-state index is 12.5. The first-order valence-electron chi connectivity index (χ1n) is 8.93. The molecule has 0 aliphatic rings. The first kappa shape index (κ1) is 21.3. The molecule has 0 saturated heterocycles. The molecule has 0 spiro atoms. The number of methoxy groups -OCH3 is 1. The van der Waals surface area contributed by atoms with Crippen LogP contribution in [0.5, 0.6) is 5.75 Å². The number of amides is 1. The second-order valence-electron chi connectivity index (χ2n) is 6.45. The Morgan fingerprint density at radius 1 is 1.23 bits per heavy atom. The summed E-state index contributed by atoms with van der Waals surface area (Å²) in [5.74, 6) is -0.383. The van der Waals surface area contributed by atoms with Gasteiger partial charge in [0.15, 0.2) is 0 Å². The maximum absolute atomic E-state index is 12.5. The number of nitro groups is 1. The van der Waals surface area contributed by atoms with E-state index >= 15 is 0 Å². The molecule has 1 amide bonds. The molecule has 0 fully saturated rings. The molecule has 1 aromatic heterocycles. The summed E-state index contributed by atoms with van der Waals surface area (Å²) in [6.07, 6.45) is 1.54. The lowest BCUT2D eigenvalue weighted by molar-refractivity contribution is -0.384. The summed E-state index contributed by atoms with van der Waals surface area (Å²) in [6, 6.07) is 13.6. The highest BCUT2D eigenvalue weighted by Crippen LogP contribution is 2.26. The van der Waals surface area contributed by atoms with Crippen LogP contribution < -0.4 is 10.2 Å². The number of para-hydroxylation sites is 1. The van der Waals surface area contributed by atoms with Crippen LogP contribution >= 0.6 is 15.9 Å². The Kier molecular flexibility index (Phi) is 6.31. The minimum absolute atomic E-state index is 0.0301. The Balaban J connectivity index is 1.84. The van der Waals surface area contributed by atoms with Crippen LogP contribution in [0.1, 0.15) is 27.3 Å². The number of rotatable bonds is 6. The molecule has 0 aliphatic carbocycles. The lowest BCUT2D eigenvalue weighted by atomic mass is 10.1. The summed E-state index contributed by atoms with van der Waals surface area (Å²) in [7, 11) is 1.39. The summed E-state index contributed by atoms with van der Waals surface area (Å²) < 4.78 is 8.16. The molecule has 1 heterocycles. The molecule has 30 heavy (non-hydrogen) atoms. The van der Waals surface area contributed by atoms with Gasteiger partial charge in [-0.25, -0.2) is 5.43 Å². The van der Waals surface area contributed by atoms with Gasteiger partial charge in [0.2, 0.25) is 0 Å². The van der Waals surface area contributed by atoms with Crippen molar-refractivity contribution in [2.24, 2.45) is 5.10 Å². The summed E-state index contributed by atoms with van der Waals surface area (Å²) in [4.78, 5) is 22.9. The average Bonchev–Trinajstić information content (AvgIpc) is 3.01. The van der Waals surface area contributed by atoms with Crippen LogP contribution in [0.25, 0.3) is 5.69 Å². The number of nitrogens with one attached hydrogen (secondary N) is 1. The highest BCUT2D eigenvalue weighted by molar-refractivity contribution is 9.10. The van der Waals surface area contributed by atoms with Crippen molar-refractivity contribution < 1.29 is 14.5 Å². The highest BCUT2D eigenvalue weighted by atomic mass is 79.9. The number of halogens is 1. The molecule has 0 atom stereocenters. The van der Waals surface area contributed by atoms with E-state index in [0.29, 0.717) is 0 Å². The monoisotopic (exact) mass is 470 g/mol. The van der Waals surface area contributed by atoms with Crippen molar-refractivity contribution in [3.8, 4) is 11.4 Å². The Labute approximate surface area is 181 Å². The number of carbonyl (C=O) groups excluding carboxylic acids is 1. The van der Waals surface area contributed by atoms with E-state index in [1.54, 1.807) is 0 Å². The topological polar surface area (TPSA) is 98.8 Å². The third-order valence-corrected chi connectivity index (χ3v) is 5.24. The van der Waals surface area contributed by atoms with Gasteiger partial charge in [-0.05, 0) is 54.0 Å². The molecule has 0 unspecified atom stereocenters. The van der Waals surface area contributed by atoms with Crippen LogP contribution in [0.2, 0.25) is 0 Å². The van der Waals surface area contributed by atoms with Crippen molar-refractivity contribution in [1.82, 2.24) is 9.99 Å². The summed E-state index contributed by atoms with van der Waals surface area (Å²) in [6.45, 7) is 3.94. The molecule has 0 saturated carbocycles. The summed E-state index contributed by atoms with van der Waals surface area (Å²) in [5, 5.41) is 15.0. The van der Waals surface area contributed by atoms with Crippen molar-refractivity contribution in [2.45, 2.75) is 13.8 Å². The van der Waals surface area contributed by atoms with Crippen molar-refractivity contribution in [1.29, 1.82) is 0 Å². The van der Waals surface area contributed by atoms with E-state index < -0.39 is 10.8 Å². The fraction of sp³-hybridized carbons (Fsp3) is 0.143. The molecular formula is C21H19BrN4O4. The van der Waals surface area contributed by atoms with Gasteiger partial charge >= 0.3 is 0 Å². The van der Waals surface area contributed by atoms with E-state index in [4.69, 9.17) is 4.74 Å². The van der Waals surface area contributed by atoms with Gasteiger partial charge in [-0.1, -0.05) is 12.1 Å². The Hall–Kier alpha value is -3.46. The molecule has 3 rings (SSSR count). The van der Waals surface area contributed by atoms with E-state index in [0.717, 1.165) is 33.2 Å². The third-order valence-electron chi connectivity index (χ3n) is 4.57. The number of nitrogens with zero attached hydrogens (tertiary/aromatic N) is 3. The van der Waals surface area contributed by atoms with Crippen LogP contribution in [0.15, 0.2) is 58.1 Å². The quantitative estimate of drug-likeness (QED) is 0.324. The zero-order valence-electron chi connectivity index (χ0n) is 16.5. The lowest BCUT2D eigenvalue weighted by Gasteiger charge is -2.11. The number of carbonyl (C=O) groups is 1. The van der Waals surface area contributed by atoms with Crippen LogP contribution in [0.3, 0.4) is 0 Å². The number of benzene rings is 2. The van der Waals surface area contributed by atoms with Gasteiger partial charge in [-0.3, -0.25) is 14.9 Å². The zero-order valence-corrected chi connectivity index (χ0v) is 18.1. The number of nitro benzene ring substituents is 1. The number of non-ortho nitro benzene ring substituents is 1. The number of hydrogen-bond donors (Lipinski definition) is 1. The molecule has 8 nitrogen and oxygen atoms in total. The third kappa shape index (κ3) is 4.25. The normalized spacial score (nSPS) is 10.9. The number of hydrogen-bond acceptors (Lipinski definition) is 5. The van der Waals surface area contributed by atoms with Crippen LogP contribution in [0, 0.1) is 24.0 Å². The predicted octanol–water partition coefficient (Wildman–Crippen LogP) is 4.54. The van der Waals surface area contributed by atoms with Crippen molar-refractivity contribution in [3.05, 3.63) is 85.6 Å². The molecule has 1 N–H and O–H groups in total.